The number of para-hydroxylation sites is 2. The molecule has 4 rings (SSSR count). The maximum absolute atomic E-state index is 5.68. The van der Waals surface area contributed by atoms with E-state index in [1.54, 1.807) is 26.0 Å². The molecule has 4 heteroatoms. The van der Waals surface area contributed by atoms with E-state index in [0.717, 1.165) is 45.5 Å². The third-order valence-electron chi connectivity index (χ3n) is 5.87. The van der Waals surface area contributed by atoms with E-state index in [2.05, 4.69) is 79.1 Å². The molecule has 0 unspecified atom stereocenters. The number of benzene rings is 2. The highest BCUT2D eigenvalue weighted by Crippen LogP contribution is 2.48. The number of ether oxygens (including phenoxy) is 2. The Hall–Kier alpha value is -3.24. The number of hydrogen-bond donors (Lipinski definition) is 0. The number of allylic oxidation sites excluding steroid dienone is 8. The maximum Gasteiger partial charge on any atom is 0.199 e. The molecule has 0 bridgehead atoms. The molecule has 168 valence electrons. The van der Waals surface area contributed by atoms with Gasteiger partial charge in [-0.15, -0.1) is 0 Å². The standard InChI is InChI=1S/C29H30NO2S/c1-5-30(6-2)23-17-15-21(16-18-23)22-19-28(24-11-7-9-13-26(24)31-3)33-29(20-22)25-12-8-10-14-27(25)32-4/h7-20H,5-6H2,1-4H3/q+1. The summed E-state index contributed by atoms with van der Waals surface area (Å²) in [4.78, 5) is 2.30. The fraction of sp³-hybridized carbons (Fsp3) is 0.207. The quantitative estimate of drug-likeness (QED) is 0.449. The van der Waals surface area contributed by atoms with Gasteiger partial charge < -0.3 is 9.47 Å². The number of nitrogens with zero attached hydrogens (tertiary/aromatic N) is 1. The van der Waals surface area contributed by atoms with Crippen molar-refractivity contribution >= 4 is 27.3 Å². The van der Waals surface area contributed by atoms with Crippen molar-refractivity contribution in [3.63, 3.8) is 0 Å². The average Bonchev–Trinajstić information content (AvgIpc) is 2.89. The van der Waals surface area contributed by atoms with Gasteiger partial charge >= 0.3 is 0 Å². The average molecular weight is 457 g/mol. The molecule has 0 atom stereocenters. The molecule has 1 heterocycles. The van der Waals surface area contributed by atoms with Crippen LogP contribution in [0.15, 0.2) is 96.1 Å². The molecule has 1 aliphatic carbocycles. The van der Waals surface area contributed by atoms with Gasteiger partial charge in [-0.25, -0.2) is 4.58 Å². The van der Waals surface area contributed by atoms with Crippen LogP contribution in [0.2, 0.25) is 0 Å². The Labute approximate surface area is 201 Å². The van der Waals surface area contributed by atoms with Gasteiger partial charge in [0.05, 0.1) is 14.2 Å². The van der Waals surface area contributed by atoms with Crippen LogP contribution in [0.1, 0.15) is 25.0 Å². The normalized spacial score (nSPS) is 15.3. The lowest BCUT2D eigenvalue weighted by Crippen LogP contribution is -2.19. The molecule has 0 spiro atoms. The first kappa shape index (κ1) is 22.9. The van der Waals surface area contributed by atoms with E-state index in [1.165, 1.54) is 16.9 Å². The minimum Gasteiger partial charge on any atom is -0.496 e. The van der Waals surface area contributed by atoms with Crippen LogP contribution in [0.3, 0.4) is 0 Å². The fourth-order valence-corrected chi connectivity index (χ4v) is 5.25. The Kier molecular flexibility index (Phi) is 7.36. The second-order valence-electron chi connectivity index (χ2n) is 7.69. The zero-order valence-corrected chi connectivity index (χ0v) is 20.5. The monoisotopic (exact) mass is 456 g/mol. The molecule has 3 nitrogen and oxygen atoms in total. The van der Waals surface area contributed by atoms with Crippen molar-refractivity contribution in [3.8, 4) is 11.5 Å². The summed E-state index contributed by atoms with van der Waals surface area (Å²) >= 11 is 1.74. The number of thioether (sulfide) groups is 1. The van der Waals surface area contributed by atoms with Crippen LogP contribution in [0.25, 0.3) is 9.81 Å². The second kappa shape index (κ2) is 10.6. The lowest BCUT2D eigenvalue weighted by molar-refractivity contribution is -0.519. The summed E-state index contributed by atoms with van der Waals surface area (Å²) in [5, 5.41) is 0. The Morgan fingerprint density at radius 2 is 1.15 bits per heavy atom. The largest absolute Gasteiger partial charge is 0.496 e. The van der Waals surface area contributed by atoms with Crippen molar-refractivity contribution < 1.29 is 14.0 Å². The maximum atomic E-state index is 5.68. The van der Waals surface area contributed by atoms with Crippen molar-refractivity contribution in [3.05, 3.63) is 107 Å². The second-order valence-corrected chi connectivity index (χ2v) is 8.78. The van der Waals surface area contributed by atoms with Crippen molar-refractivity contribution in [2.45, 2.75) is 13.8 Å². The van der Waals surface area contributed by atoms with E-state index >= 15 is 0 Å². The molecule has 0 fully saturated rings. The molecule has 2 aromatic rings. The molecular weight excluding hydrogens is 426 g/mol. The van der Waals surface area contributed by atoms with E-state index in [0.29, 0.717) is 0 Å². The van der Waals surface area contributed by atoms with Crippen LogP contribution in [0.4, 0.5) is 0 Å². The molecular formula is C29H30NO2S+. The van der Waals surface area contributed by atoms with Crippen LogP contribution in [-0.2, 0) is 0 Å². The highest BCUT2D eigenvalue weighted by Gasteiger charge is 2.21. The fourth-order valence-electron chi connectivity index (χ4n) is 4.08. The zero-order valence-electron chi connectivity index (χ0n) is 19.7. The number of rotatable bonds is 6. The third kappa shape index (κ3) is 4.91. The molecule has 2 aliphatic rings. The SMILES string of the molecule is CC[N+](CC)=C1C=CC(=C2C=C(c3ccccc3OC)SC(c3ccccc3OC)=C2)C=C1. The van der Waals surface area contributed by atoms with E-state index in [-0.39, 0.29) is 0 Å². The summed E-state index contributed by atoms with van der Waals surface area (Å²) < 4.78 is 13.7. The highest BCUT2D eigenvalue weighted by atomic mass is 32.2. The summed E-state index contributed by atoms with van der Waals surface area (Å²) in [7, 11) is 3.45. The molecule has 0 aromatic heterocycles. The van der Waals surface area contributed by atoms with Crippen LogP contribution in [0.5, 0.6) is 11.5 Å². The Morgan fingerprint density at radius 1 is 0.667 bits per heavy atom. The highest BCUT2D eigenvalue weighted by molar-refractivity contribution is 8.16. The van der Waals surface area contributed by atoms with Crippen LogP contribution in [0, 0.1) is 0 Å². The van der Waals surface area contributed by atoms with Gasteiger partial charge in [-0.3, -0.25) is 0 Å². The minimum absolute atomic E-state index is 0.869. The lowest BCUT2D eigenvalue weighted by Gasteiger charge is -2.21. The first-order valence-corrected chi connectivity index (χ1v) is 12.1. The summed E-state index contributed by atoms with van der Waals surface area (Å²) in [6, 6.07) is 16.4. The van der Waals surface area contributed by atoms with Crippen LogP contribution < -0.4 is 9.47 Å². The summed E-state index contributed by atoms with van der Waals surface area (Å²) in [6.45, 7) is 6.38. The van der Waals surface area contributed by atoms with Gasteiger partial charge in [0.1, 0.15) is 24.6 Å². The van der Waals surface area contributed by atoms with E-state index < -0.39 is 0 Å². The van der Waals surface area contributed by atoms with Crippen molar-refractivity contribution in [2.24, 2.45) is 0 Å². The first-order valence-electron chi connectivity index (χ1n) is 11.3. The molecule has 0 radical (unpaired) electrons. The first-order chi connectivity index (χ1) is 16.2. The Balaban J connectivity index is 1.85. The van der Waals surface area contributed by atoms with Gasteiger partial charge in [-0.1, -0.05) is 48.2 Å². The smallest absolute Gasteiger partial charge is 0.199 e. The zero-order chi connectivity index (χ0) is 23.2. The Bertz CT molecular complexity index is 1140. The minimum atomic E-state index is 0.869. The lowest BCUT2D eigenvalue weighted by atomic mass is 9.99. The van der Waals surface area contributed by atoms with Crippen LogP contribution in [-0.4, -0.2) is 37.6 Å². The van der Waals surface area contributed by atoms with E-state index in [9.17, 15) is 0 Å². The number of methoxy groups -OCH3 is 2. The molecule has 2 aromatic carbocycles. The van der Waals surface area contributed by atoms with Crippen molar-refractivity contribution in [2.75, 3.05) is 27.3 Å². The van der Waals surface area contributed by atoms with E-state index in [1.807, 2.05) is 24.3 Å². The van der Waals surface area contributed by atoms with Gasteiger partial charge in [0.15, 0.2) is 5.71 Å². The molecule has 1 aliphatic heterocycles. The molecule has 0 amide bonds. The van der Waals surface area contributed by atoms with Gasteiger partial charge in [-0.05, 0) is 61.4 Å². The Morgan fingerprint density at radius 3 is 1.61 bits per heavy atom. The van der Waals surface area contributed by atoms with Gasteiger partial charge in [0, 0.05) is 33.1 Å². The van der Waals surface area contributed by atoms with Crippen molar-refractivity contribution in [1.29, 1.82) is 0 Å². The van der Waals surface area contributed by atoms with Gasteiger partial charge in [0.25, 0.3) is 0 Å². The summed E-state index contributed by atoms with van der Waals surface area (Å²) in [5.41, 5.74) is 5.77. The molecule has 0 N–H and O–H groups in total. The molecule has 33 heavy (non-hydrogen) atoms. The molecule has 0 saturated heterocycles. The molecule has 0 saturated carbocycles. The van der Waals surface area contributed by atoms with Crippen molar-refractivity contribution in [1.82, 2.24) is 0 Å². The predicted octanol–water partition coefficient (Wildman–Crippen LogP) is 6.75. The van der Waals surface area contributed by atoms with E-state index in [4.69, 9.17) is 9.47 Å². The predicted molar refractivity (Wildman–Crippen MR) is 141 cm³/mol. The van der Waals surface area contributed by atoms with Gasteiger partial charge in [0.2, 0.25) is 0 Å². The topological polar surface area (TPSA) is 21.5 Å². The number of hydrogen-bond acceptors (Lipinski definition) is 3. The van der Waals surface area contributed by atoms with Crippen LogP contribution >= 0.6 is 11.8 Å². The third-order valence-corrected chi connectivity index (χ3v) is 6.98. The summed E-state index contributed by atoms with van der Waals surface area (Å²) in [6.07, 6.45) is 13.4. The summed E-state index contributed by atoms with van der Waals surface area (Å²) in [5.74, 6) is 1.74. The van der Waals surface area contributed by atoms with Gasteiger partial charge in [-0.2, -0.15) is 0 Å².